The van der Waals surface area contributed by atoms with Gasteiger partial charge >= 0.3 is 5.97 Å². The van der Waals surface area contributed by atoms with Crippen molar-refractivity contribution in [1.82, 2.24) is 0 Å². The van der Waals surface area contributed by atoms with E-state index in [1.807, 2.05) is 13.0 Å². The van der Waals surface area contributed by atoms with Gasteiger partial charge in [0.2, 0.25) is 5.90 Å². The maximum atomic E-state index is 12.3. The number of carbonyl (C=O) groups excluding carboxylic acids is 1. The van der Waals surface area contributed by atoms with Gasteiger partial charge in [0.25, 0.3) is 0 Å². The number of cyclic esters (lactones) is 1. The molecule has 0 fully saturated rings. The molecule has 2 aromatic rings. The van der Waals surface area contributed by atoms with E-state index in [2.05, 4.69) is 34.2 Å². The van der Waals surface area contributed by atoms with Crippen molar-refractivity contribution >= 4 is 40.5 Å². The third-order valence-corrected chi connectivity index (χ3v) is 4.78. The maximum Gasteiger partial charge on any atom is 0.363 e. The first kappa shape index (κ1) is 20.9. The lowest BCUT2D eigenvalue weighted by molar-refractivity contribution is -0.129. The molecule has 1 heterocycles. The molecule has 0 spiro atoms. The highest BCUT2D eigenvalue weighted by Gasteiger charge is 2.24. The van der Waals surface area contributed by atoms with E-state index < -0.39 is 5.97 Å². The van der Waals surface area contributed by atoms with Crippen LogP contribution in [0.15, 0.2) is 59.2 Å². The van der Waals surface area contributed by atoms with Gasteiger partial charge in [0.15, 0.2) is 17.2 Å². The lowest BCUT2D eigenvalue weighted by Gasteiger charge is -2.13. The first-order chi connectivity index (χ1) is 13.9. The van der Waals surface area contributed by atoms with Crippen LogP contribution in [0.5, 0.6) is 17.2 Å². The molecule has 0 bridgehead atoms. The quantitative estimate of drug-likeness (QED) is 0.238. The molecular formula is C22H20INO5. The number of methoxy groups -OCH3 is 2. The fraction of sp³-hybridized carbons (Fsp3) is 0.182. The predicted octanol–water partition coefficient (Wildman–Crippen LogP) is 4.61. The molecule has 7 heteroatoms. The molecule has 0 unspecified atom stereocenters. The van der Waals surface area contributed by atoms with Gasteiger partial charge in [-0.25, -0.2) is 9.79 Å². The van der Waals surface area contributed by atoms with Gasteiger partial charge in [-0.05, 0) is 83.1 Å². The Balaban J connectivity index is 1.90. The van der Waals surface area contributed by atoms with Crippen molar-refractivity contribution in [2.45, 2.75) is 6.92 Å². The van der Waals surface area contributed by atoms with Crippen LogP contribution in [0, 0.1) is 3.57 Å². The number of aliphatic imine (C=N–C) groups is 1. The summed E-state index contributed by atoms with van der Waals surface area (Å²) in [6.07, 6.45) is 1.66. The summed E-state index contributed by atoms with van der Waals surface area (Å²) in [7, 11) is 3.16. The first-order valence-corrected chi connectivity index (χ1v) is 9.81. The zero-order valence-electron chi connectivity index (χ0n) is 16.3. The van der Waals surface area contributed by atoms with E-state index in [9.17, 15) is 4.79 Å². The van der Waals surface area contributed by atoms with Gasteiger partial charge < -0.3 is 18.9 Å². The van der Waals surface area contributed by atoms with E-state index >= 15 is 0 Å². The SMILES string of the molecule is C=C(C)COc1c(I)cc(C=C2N=C(c3ccc(OC)cc3)OC2=O)cc1OC. The van der Waals surface area contributed by atoms with Crippen LogP contribution in [0.25, 0.3) is 6.08 Å². The van der Waals surface area contributed by atoms with E-state index in [4.69, 9.17) is 18.9 Å². The number of carbonyl (C=O) groups is 1. The van der Waals surface area contributed by atoms with E-state index in [0.29, 0.717) is 29.4 Å². The van der Waals surface area contributed by atoms with Crippen LogP contribution in [0.1, 0.15) is 18.1 Å². The average Bonchev–Trinajstić information content (AvgIpc) is 3.07. The van der Waals surface area contributed by atoms with Crippen LogP contribution in [-0.2, 0) is 9.53 Å². The molecule has 29 heavy (non-hydrogen) atoms. The standard InChI is InChI=1S/C22H20INO5/c1-13(2)12-28-20-17(23)9-14(11-19(20)27-4)10-18-22(25)29-21(24-18)15-5-7-16(26-3)8-6-15/h5-11H,1,12H2,2-4H3. The second-order valence-corrected chi connectivity index (χ2v) is 7.51. The second-order valence-electron chi connectivity index (χ2n) is 6.34. The second kappa shape index (κ2) is 9.13. The fourth-order valence-corrected chi connectivity index (χ4v) is 3.36. The number of halogens is 1. The molecule has 1 aliphatic rings. The Bertz CT molecular complexity index is 1010. The normalized spacial score (nSPS) is 14.4. The molecule has 0 saturated heterocycles. The minimum absolute atomic E-state index is 0.212. The highest BCUT2D eigenvalue weighted by Crippen LogP contribution is 2.35. The van der Waals surface area contributed by atoms with E-state index in [-0.39, 0.29) is 11.6 Å². The van der Waals surface area contributed by atoms with E-state index in [1.54, 1.807) is 50.6 Å². The van der Waals surface area contributed by atoms with Crippen LogP contribution < -0.4 is 14.2 Å². The summed E-state index contributed by atoms with van der Waals surface area (Å²) >= 11 is 2.17. The van der Waals surface area contributed by atoms with Crippen molar-refractivity contribution in [2.75, 3.05) is 20.8 Å². The van der Waals surface area contributed by atoms with Crippen LogP contribution in [0.3, 0.4) is 0 Å². The van der Waals surface area contributed by atoms with Gasteiger partial charge in [-0.15, -0.1) is 0 Å². The molecule has 1 aliphatic heterocycles. The van der Waals surface area contributed by atoms with Gasteiger partial charge in [0.1, 0.15) is 12.4 Å². The fourth-order valence-electron chi connectivity index (χ4n) is 2.58. The average molecular weight is 505 g/mol. The summed E-state index contributed by atoms with van der Waals surface area (Å²) in [4.78, 5) is 16.6. The Kier molecular flexibility index (Phi) is 6.58. The maximum absolute atomic E-state index is 12.3. The predicted molar refractivity (Wildman–Crippen MR) is 120 cm³/mol. The minimum atomic E-state index is -0.507. The highest BCUT2D eigenvalue weighted by molar-refractivity contribution is 14.1. The largest absolute Gasteiger partial charge is 0.497 e. The zero-order chi connectivity index (χ0) is 21.0. The minimum Gasteiger partial charge on any atom is -0.497 e. The Morgan fingerprint density at radius 2 is 1.93 bits per heavy atom. The molecular weight excluding hydrogens is 485 g/mol. The Hall–Kier alpha value is -2.81. The molecule has 6 nitrogen and oxygen atoms in total. The summed E-state index contributed by atoms with van der Waals surface area (Å²) in [5.41, 5.74) is 2.56. The summed E-state index contributed by atoms with van der Waals surface area (Å²) in [5.74, 6) is 1.66. The number of hydrogen-bond donors (Lipinski definition) is 0. The topological polar surface area (TPSA) is 66.3 Å². The molecule has 0 N–H and O–H groups in total. The lowest BCUT2D eigenvalue weighted by Crippen LogP contribution is -2.05. The van der Waals surface area contributed by atoms with Crippen molar-refractivity contribution in [2.24, 2.45) is 4.99 Å². The molecule has 3 rings (SSSR count). The van der Waals surface area contributed by atoms with E-state index in [0.717, 1.165) is 14.7 Å². The Labute approximate surface area is 183 Å². The number of hydrogen-bond acceptors (Lipinski definition) is 6. The molecule has 0 aromatic heterocycles. The number of nitrogens with zero attached hydrogens (tertiary/aromatic N) is 1. The first-order valence-electron chi connectivity index (χ1n) is 8.73. The van der Waals surface area contributed by atoms with Crippen molar-refractivity contribution < 1.29 is 23.7 Å². The van der Waals surface area contributed by atoms with Crippen LogP contribution in [0.2, 0.25) is 0 Å². The molecule has 0 radical (unpaired) electrons. The van der Waals surface area contributed by atoms with Crippen molar-refractivity contribution in [3.8, 4) is 17.2 Å². The number of esters is 1. The van der Waals surface area contributed by atoms with Crippen LogP contribution >= 0.6 is 22.6 Å². The van der Waals surface area contributed by atoms with Gasteiger partial charge in [-0.2, -0.15) is 0 Å². The molecule has 0 aliphatic carbocycles. The summed E-state index contributed by atoms with van der Waals surface area (Å²) in [5, 5.41) is 0. The van der Waals surface area contributed by atoms with Crippen molar-refractivity contribution in [1.29, 1.82) is 0 Å². The Morgan fingerprint density at radius 3 is 2.55 bits per heavy atom. The molecule has 2 aromatic carbocycles. The van der Waals surface area contributed by atoms with Crippen LogP contribution in [0.4, 0.5) is 0 Å². The van der Waals surface area contributed by atoms with E-state index in [1.165, 1.54) is 0 Å². The third-order valence-electron chi connectivity index (χ3n) is 3.98. The highest BCUT2D eigenvalue weighted by atomic mass is 127. The van der Waals surface area contributed by atoms with Gasteiger partial charge in [0, 0.05) is 5.56 Å². The number of rotatable bonds is 7. The molecule has 0 amide bonds. The molecule has 0 atom stereocenters. The summed E-state index contributed by atoms with van der Waals surface area (Å²) < 4.78 is 22.5. The Morgan fingerprint density at radius 1 is 1.21 bits per heavy atom. The molecule has 0 saturated carbocycles. The number of ether oxygens (including phenoxy) is 4. The van der Waals surface area contributed by atoms with Gasteiger partial charge in [-0.3, -0.25) is 0 Å². The van der Waals surface area contributed by atoms with Crippen molar-refractivity contribution in [3.63, 3.8) is 0 Å². The summed E-state index contributed by atoms with van der Waals surface area (Å²) in [6, 6.07) is 10.8. The van der Waals surface area contributed by atoms with Crippen LogP contribution in [-0.4, -0.2) is 32.7 Å². The smallest absolute Gasteiger partial charge is 0.363 e. The lowest BCUT2D eigenvalue weighted by atomic mass is 10.1. The molecule has 150 valence electrons. The van der Waals surface area contributed by atoms with Crippen molar-refractivity contribution in [3.05, 3.63) is 68.9 Å². The zero-order valence-corrected chi connectivity index (χ0v) is 18.5. The monoisotopic (exact) mass is 505 g/mol. The van der Waals surface area contributed by atoms with Gasteiger partial charge in [0.05, 0.1) is 17.8 Å². The summed E-state index contributed by atoms with van der Waals surface area (Å²) in [6.45, 7) is 6.13. The third kappa shape index (κ3) is 4.97. The van der Waals surface area contributed by atoms with Gasteiger partial charge in [-0.1, -0.05) is 6.58 Å². The number of benzene rings is 2.